The van der Waals surface area contributed by atoms with Gasteiger partial charge in [-0.1, -0.05) is 0 Å². The minimum Gasteiger partial charge on any atom is -0.320 e. The standard InChI is InChI=1S/C5H11NO3Si/c7-6(8)5(10)3-1-2-4-9-5/h1-4H2,10H3. The molecule has 1 rings (SSSR count). The fourth-order valence-electron chi connectivity index (χ4n) is 1.06. The molecule has 1 atom stereocenters. The molecule has 1 unspecified atom stereocenters. The zero-order chi connectivity index (χ0) is 7.61. The highest BCUT2D eigenvalue weighted by Gasteiger charge is 2.38. The van der Waals surface area contributed by atoms with Crippen LogP contribution in [0.15, 0.2) is 0 Å². The van der Waals surface area contributed by atoms with E-state index in [1.54, 1.807) is 0 Å². The zero-order valence-electron chi connectivity index (χ0n) is 6.00. The first-order valence-electron chi connectivity index (χ1n) is 3.44. The van der Waals surface area contributed by atoms with Gasteiger partial charge in [-0.25, -0.2) is 0 Å². The normalized spacial score (nSPS) is 34.0. The molecule has 1 heterocycles. The molecule has 1 fully saturated rings. The monoisotopic (exact) mass is 161 g/mol. The van der Waals surface area contributed by atoms with Gasteiger partial charge in [0, 0.05) is 11.3 Å². The van der Waals surface area contributed by atoms with Crippen molar-refractivity contribution in [2.24, 2.45) is 0 Å². The topological polar surface area (TPSA) is 52.4 Å². The van der Waals surface area contributed by atoms with Crippen molar-refractivity contribution in [3.8, 4) is 0 Å². The minimum atomic E-state index is -0.960. The Balaban J connectivity index is 2.56. The number of hydrogen-bond acceptors (Lipinski definition) is 3. The molecule has 5 heteroatoms. The molecular weight excluding hydrogens is 150 g/mol. The first-order chi connectivity index (χ1) is 4.65. The molecule has 0 bridgehead atoms. The molecule has 0 saturated carbocycles. The molecule has 0 radical (unpaired) electrons. The molecule has 1 saturated heterocycles. The average molecular weight is 161 g/mol. The van der Waals surface area contributed by atoms with Gasteiger partial charge in [0.1, 0.15) is 10.2 Å². The highest BCUT2D eigenvalue weighted by atomic mass is 28.1. The Bertz CT molecular complexity index is 144. The summed E-state index contributed by atoms with van der Waals surface area (Å²) in [5, 5.41) is 9.43. The summed E-state index contributed by atoms with van der Waals surface area (Å²) in [5.74, 6) is 0. The lowest BCUT2D eigenvalue weighted by Crippen LogP contribution is -2.44. The van der Waals surface area contributed by atoms with Gasteiger partial charge in [-0.15, -0.1) is 0 Å². The summed E-state index contributed by atoms with van der Waals surface area (Å²) in [5.41, 5.74) is 0. The molecule has 0 aromatic rings. The Morgan fingerprint density at radius 1 is 1.60 bits per heavy atom. The van der Waals surface area contributed by atoms with E-state index in [9.17, 15) is 10.1 Å². The first kappa shape index (κ1) is 7.68. The number of rotatable bonds is 1. The molecule has 58 valence electrons. The summed E-state index contributed by atoms with van der Waals surface area (Å²) >= 11 is 0. The van der Waals surface area contributed by atoms with Crippen LogP contribution in [0.1, 0.15) is 19.3 Å². The third-order valence-corrected chi connectivity index (χ3v) is 2.99. The molecule has 0 aromatic carbocycles. The van der Waals surface area contributed by atoms with Crippen molar-refractivity contribution in [2.45, 2.75) is 24.6 Å². The van der Waals surface area contributed by atoms with Crippen molar-refractivity contribution in [1.29, 1.82) is 0 Å². The summed E-state index contributed by atoms with van der Waals surface area (Å²) in [6.07, 6.45) is 2.51. The number of ether oxygens (including phenoxy) is 1. The molecule has 0 aliphatic carbocycles. The predicted octanol–water partition coefficient (Wildman–Crippen LogP) is -0.517. The summed E-state index contributed by atoms with van der Waals surface area (Å²) in [4.78, 5) is 10.1. The molecule has 1 aliphatic rings. The molecule has 10 heavy (non-hydrogen) atoms. The second-order valence-electron chi connectivity index (χ2n) is 2.74. The Morgan fingerprint density at radius 2 is 2.30 bits per heavy atom. The van der Waals surface area contributed by atoms with Gasteiger partial charge in [0.05, 0.1) is 6.61 Å². The van der Waals surface area contributed by atoms with Gasteiger partial charge in [-0.2, -0.15) is 0 Å². The van der Waals surface area contributed by atoms with Crippen molar-refractivity contribution in [2.75, 3.05) is 6.61 Å². The van der Waals surface area contributed by atoms with Crippen LogP contribution in [0, 0.1) is 10.1 Å². The van der Waals surface area contributed by atoms with E-state index in [2.05, 4.69) is 0 Å². The van der Waals surface area contributed by atoms with E-state index in [4.69, 9.17) is 4.74 Å². The smallest absolute Gasteiger partial charge is 0.286 e. The van der Waals surface area contributed by atoms with Crippen molar-refractivity contribution in [1.82, 2.24) is 0 Å². The molecule has 0 spiro atoms. The maximum absolute atomic E-state index is 10.4. The van der Waals surface area contributed by atoms with Crippen molar-refractivity contribution >= 4 is 10.2 Å². The molecule has 1 aliphatic heterocycles. The summed E-state index contributed by atoms with van der Waals surface area (Å²) < 4.78 is 5.09. The summed E-state index contributed by atoms with van der Waals surface area (Å²) in [6, 6.07) is 0. The van der Waals surface area contributed by atoms with Crippen molar-refractivity contribution in [3.63, 3.8) is 0 Å². The summed E-state index contributed by atoms with van der Waals surface area (Å²) in [6.45, 7) is 0.560. The van der Waals surface area contributed by atoms with Crippen LogP contribution in [0.2, 0.25) is 0 Å². The van der Waals surface area contributed by atoms with Crippen LogP contribution in [0.25, 0.3) is 0 Å². The predicted molar refractivity (Wildman–Crippen MR) is 39.5 cm³/mol. The molecular formula is C5H11NO3Si. The van der Waals surface area contributed by atoms with Gasteiger partial charge >= 0.3 is 0 Å². The second-order valence-corrected chi connectivity index (χ2v) is 4.30. The van der Waals surface area contributed by atoms with E-state index in [-0.39, 0.29) is 4.92 Å². The Kier molecular flexibility index (Phi) is 2.05. The van der Waals surface area contributed by atoms with Crippen LogP contribution < -0.4 is 0 Å². The quantitative estimate of drug-likeness (QED) is 0.295. The average Bonchev–Trinajstić information content (AvgIpc) is 1.89. The largest absolute Gasteiger partial charge is 0.320 e. The van der Waals surface area contributed by atoms with E-state index >= 15 is 0 Å². The van der Waals surface area contributed by atoms with Crippen LogP contribution in [-0.4, -0.2) is 27.1 Å². The van der Waals surface area contributed by atoms with Crippen molar-refractivity contribution < 1.29 is 9.66 Å². The lowest BCUT2D eigenvalue weighted by molar-refractivity contribution is -0.603. The zero-order valence-corrected chi connectivity index (χ0v) is 8.00. The van der Waals surface area contributed by atoms with Crippen LogP contribution in [0.3, 0.4) is 0 Å². The van der Waals surface area contributed by atoms with E-state index in [1.165, 1.54) is 0 Å². The third-order valence-electron chi connectivity index (χ3n) is 1.83. The van der Waals surface area contributed by atoms with Crippen molar-refractivity contribution in [3.05, 3.63) is 10.1 Å². The fraction of sp³-hybridized carbons (Fsp3) is 1.00. The van der Waals surface area contributed by atoms with E-state index in [0.717, 1.165) is 12.8 Å². The highest BCUT2D eigenvalue weighted by Crippen LogP contribution is 2.21. The van der Waals surface area contributed by atoms with Gasteiger partial charge in [-0.3, -0.25) is 10.1 Å². The number of nitro groups is 1. The van der Waals surface area contributed by atoms with Gasteiger partial charge in [0.15, 0.2) is 0 Å². The van der Waals surface area contributed by atoms with Gasteiger partial charge in [0.25, 0.3) is 5.35 Å². The van der Waals surface area contributed by atoms with Gasteiger partial charge in [0.2, 0.25) is 0 Å². The first-order valence-corrected chi connectivity index (χ1v) is 4.44. The van der Waals surface area contributed by atoms with E-state index in [1.807, 2.05) is 0 Å². The molecule has 4 nitrogen and oxygen atoms in total. The summed E-state index contributed by atoms with van der Waals surface area (Å²) in [7, 11) is 0.493. The van der Waals surface area contributed by atoms with Crippen LogP contribution in [0.5, 0.6) is 0 Å². The molecule has 0 amide bonds. The lowest BCUT2D eigenvalue weighted by Gasteiger charge is -2.25. The van der Waals surface area contributed by atoms with Crippen LogP contribution in [0.4, 0.5) is 0 Å². The lowest BCUT2D eigenvalue weighted by atomic mass is 10.2. The minimum absolute atomic E-state index is 0.279. The van der Waals surface area contributed by atoms with E-state index < -0.39 is 5.35 Å². The maximum Gasteiger partial charge on any atom is 0.286 e. The van der Waals surface area contributed by atoms with Gasteiger partial charge < -0.3 is 4.74 Å². The van der Waals surface area contributed by atoms with Crippen LogP contribution in [-0.2, 0) is 4.74 Å². The Labute approximate surface area is 62.1 Å². The second kappa shape index (κ2) is 2.67. The van der Waals surface area contributed by atoms with Gasteiger partial charge in [-0.05, 0) is 12.8 Å². The Hall–Kier alpha value is -0.423. The molecule has 0 N–H and O–H groups in total. The third kappa shape index (κ3) is 1.35. The number of nitrogens with zero attached hydrogens (tertiary/aromatic N) is 1. The Morgan fingerprint density at radius 3 is 2.60 bits per heavy atom. The SMILES string of the molecule is O=[N+]([O-])C1([SiH3])CCCCO1. The fourth-order valence-corrected chi connectivity index (χ4v) is 1.62. The number of hydrogen-bond donors (Lipinski definition) is 0. The van der Waals surface area contributed by atoms with Crippen LogP contribution >= 0.6 is 0 Å². The molecule has 0 aromatic heterocycles. The highest BCUT2D eigenvalue weighted by molar-refractivity contribution is 6.13. The van der Waals surface area contributed by atoms with E-state index in [0.29, 0.717) is 23.3 Å². The maximum atomic E-state index is 10.4.